The summed E-state index contributed by atoms with van der Waals surface area (Å²) in [6.07, 6.45) is 7.59. The molecule has 0 bridgehead atoms. The van der Waals surface area contributed by atoms with E-state index in [0.717, 1.165) is 17.4 Å². The topological polar surface area (TPSA) is 17.1 Å². The number of fused-ring (bicyclic) bond motifs is 2. The Morgan fingerprint density at radius 1 is 1.00 bits per heavy atom. The van der Waals surface area contributed by atoms with E-state index >= 15 is 0 Å². The van der Waals surface area contributed by atoms with Gasteiger partial charge in [0.05, 0.1) is 0 Å². The van der Waals surface area contributed by atoms with Gasteiger partial charge >= 0.3 is 0 Å². The molecule has 0 spiro atoms. The highest BCUT2D eigenvalue weighted by Crippen LogP contribution is 2.58. The first-order chi connectivity index (χ1) is 8.34. The molecule has 1 aromatic carbocycles. The van der Waals surface area contributed by atoms with Gasteiger partial charge in [-0.25, -0.2) is 0 Å². The first-order valence-corrected chi connectivity index (χ1v) is 7.00. The number of Topliss-reactive ketones (excluding diaryl/α,β-unsaturated/α-hetero) is 1. The number of ketones is 1. The molecule has 4 rings (SSSR count). The average molecular weight is 226 g/mol. The smallest absolute Gasteiger partial charge is 0.166 e. The van der Waals surface area contributed by atoms with Crippen molar-refractivity contribution in [1.29, 1.82) is 0 Å². The standard InChI is InChI=1S/C16H18O/c17-16(15-13-5-2-6-14(13)15)12-8-7-10-3-1-4-11(10)9-12/h7-9,13-15H,1-6H2. The minimum Gasteiger partial charge on any atom is -0.294 e. The third-order valence-electron chi connectivity index (χ3n) is 5.09. The molecule has 2 saturated carbocycles. The number of carbonyl (C=O) groups excluding carboxylic acids is 1. The number of carbonyl (C=O) groups is 1. The van der Waals surface area contributed by atoms with Crippen molar-refractivity contribution < 1.29 is 4.79 Å². The summed E-state index contributed by atoms with van der Waals surface area (Å²) in [6, 6.07) is 6.44. The van der Waals surface area contributed by atoms with Gasteiger partial charge in [-0.1, -0.05) is 18.6 Å². The molecule has 1 heteroatoms. The van der Waals surface area contributed by atoms with E-state index in [4.69, 9.17) is 0 Å². The van der Waals surface area contributed by atoms with Crippen LogP contribution in [0.25, 0.3) is 0 Å². The quantitative estimate of drug-likeness (QED) is 0.706. The Balaban J connectivity index is 1.60. The molecule has 3 aliphatic rings. The summed E-state index contributed by atoms with van der Waals surface area (Å²) in [5.74, 6) is 2.32. The van der Waals surface area contributed by atoms with Gasteiger partial charge in [0.2, 0.25) is 0 Å². The molecule has 0 N–H and O–H groups in total. The van der Waals surface area contributed by atoms with E-state index in [0.29, 0.717) is 11.7 Å². The van der Waals surface area contributed by atoms with Gasteiger partial charge in [-0.2, -0.15) is 0 Å². The van der Waals surface area contributed by atoms with Gasteiger partial charge in [0, 0.05) is 11.5 Å². The molecule has 0 radical (unpaired) electrons. The Morgan fingerprint density at radius 2 is 1.76 bits per heavy atom. The molecular weight excluding hydrogens is 208 g/mol. The zero-order valence-electron chi connectivity index (χ0n) is 10.1. The molecular formula is C16H18O. The highest BCUT2D eigenvalue weighted by Gasteiger charge is 2.56. The summed E-state index contributed by atoms with van der Waals surface area (Å²) < 4.78 is 0. The van der Waals surface area contributed by atoms with E-state index in [1.165, 1.54) is 49.7 Å². The Bertz CT molecular complexity index is 478. The fourth-order valence-corrected chi connectivity index (χ4v) is 4.13. The highest BCUT2D eigenvalue weighted by molar-refractivity contribution is 6.00. The summed E-state index contributed by atoms with van der Waals surface area (Å²) >= 11 is 0. The van der Waals surface area contributed by atoms with Crippen molar-refractivity contribution in [3.05, 3.63) is 34.9 Å². The van der Waals surface area contributed by atoms with Crippen LogP contribution in [0, 0.1) is 17.8 Å². The van der Waals surface area contributed by atoms with Gasteiger partial charge in [-0.15, -0.1) is 0 Å². The first-order valence-electron chi connectivity index (χ1n) is 7.00. The second-order valence-corrected chi connectivity index (χ2v) is 5.99. The predicted molar refractivity (Wildman–Crippen MR) is 67.1 cm³/mol. The maximum Gasteiger partial charge on any atom is 0.166 e. The molecule has 17 heavy (non-hydrogen) atoms. The van der Waals surface area contributed by atoms with E-state index in [1.807, 2.05) is 0 Å². The Labute approximate surface area is 102 Å². The lowest BCUT2D eigenvalue weighted by atomic mass is 9.98. The van der Waals surface area contributed by atoms with Gasteiger partial charge in [-0.3, -0.25) is 4.79 Å². The number of rotatable bonds is 2. The van der Waals surface area contributed by atoms with Crippen molar-refractivity contribution >= 4 is 5.78 Å². The van der Waals surface area contributed by atoms with Crippen LogP contribution in [0.3, 0.4) is 0 Å². The number of aryl methyl sites for hydroxylation is 2. The summed E-state index contributed by atoms with van der Waals surface area (Å²) in [4.78, 5) is 12.4. The van der Waals surface area contributed by atoms with Crippen molar-refractivity contribution in [2.75, 3.05) is 0 Å². The van der Waals surface area contributed by atoms with Crippen LogP contribution < -0.4 is 0 Å². The van der Waals surface area contributed by atoms with Gasteiger partial charge in [-0.05, 0) is 61.1 Å². The zero-order valence-corrected chi connectivity index (χ0v) is 10.1. The van der Waals surface area contributed by atoms with E-state index in [2.05, 4.69) is 18.2 Å². The lowest BCUT2D eigenvalue weighted by Crippen LogP contribution is -2.06. The van der Waals surface area contributed by atoms with Crippen LogP contribution in [0.1, 0.15) is 47.2 Å². The van der Waals surface area contributed by atoms with Gasteiger partial charge in [0.25, 0.3) is 0 Å². The number of benzene rings is 1. The number of hydrogen-bond donors (Lipinski definition) is 0. The summed E-state index contributed by atoms with van der Waals surface area (Å²) in [5, 5.41) is 0. The molecule has 3 aliphatic carbocycles. The van der Waals surface area contributed by atoms with Crippen molar-refractivity contribution in [1.82, 2.24) is 0 Å². The second kappa shape index (κ2) is 3.44. The van der Waals surface area contributed by atoms with E-state index in [9.17, 15) is 4.79 Å². The first kappa shape index (κ1) is 9.87. The van der Waals surface area contributed by atoms with E-state index < -0.39 is 0 Å². The highest BCUT2D eigenvalue weighted by atomic mass is 16.1. The summed E-state index contributed by atoms with van der Waals surface area (Å²) in [7, 11) is 0. The van der Waals surface area contributed by atoms with Crippen molar-refractivity contribution in [3.8, 4) is 0 Å². The van der Waals surface area contributed by atoms with Crippen LogP contribution in [-0.2, 0) is 12.8 Å². The van der Waals surface area contributed by atoms with Gasteiger partial charge in [0.15, 0.2) is 5.78 Å². The number of hydrogen-bond acceptors (Lipinski definition) is 1. The van der Waals surface area contributed by atoms with E-state index in [-0.39, 0.29) is 0 Å². The monoisotopic (exact) mass is 226 g/mol. The fraction of sp³-hybridized carbons (Fsp3) is 0.562. The maximum atomic E-state index is 12.4. The van der Waals surface area contributed by atoms with Crippen LogP contribution in [0.15, 0.2) is 18.2 Å². The molecule has 2 fully saturated rings. The van der Waals surface area contributed by atoms with Crippen molar-refractivity contribution in [2.24, 2.45) is 17.8 Å². The fourth-order valence-electron chi connectivity index (χ4n) is 4.13. The molecule has 0 aliphatic heterocycles. The van der Waals surface area contributed by atoms with E-state index in [1.54, 1.807) is 0 Å². The Kier molecular flexibility index (Phi) is 2.00. The predicted octanol–water partition coefficient (Wildman–Crippen LogP) is 3.40. The average Bonchev–Trinajstić information content (AvgIpc) is 2.75. The Hall–Kier alpha value is -1.11. The molecule has 2 atom stereocenters. The molecule has 0 aromatic heterocycles. The third-order valence-corrected chi connectivity index (χ3v) is 5.09. The molecule has 1 aromatic rings. The van der Waals surface area contributed by atoms with Crippen molar-refractivity contribution in [3.63, 3.8) is 0 Å². The SMILES string of the molecule is O=C(c1ccc2c(c1)CCC2)C1C2CCCC21. The molecule has 0 saturated heterocycles. The summed E-state index contributed by atoms with van der Waals surface area (Å²) in [5.41, 5.74) is 3.89. The van der Waals surface area contributed by atoms with Crippen LogP contribution in [0.4, 0.5) is 0 Å². The minimum absolute atomic E-state index is 0.392. The lowest BCUT2D eigenvalue weighted by molar-refractivity contribution is 0.0951. The molecule has 2 unspecified atom stereocenters. The lowest BCUT2D eigenvalue weighted by Gasteiger charge is -2.05. The minimum atomic E-state index is 0.392. The third kappa shape index (κ3) is 1.41. The normalized spacial score (nSPS) is 33.3. The molecule has 1 nitrogen and oxygen atoms in total. The van der Waals surface area contributed by atoms with Gasteiger partial charge < -0.3 is 0 Å². The van der Waals surface area contributed by atoms with Crippen LogP contribution in [0.5, 0.6) is 0 Å². The second-order valence-electron chi connectivity index (χ2n) is 5.99. The molecule has 0 amide bonds. The maximum absolute atomic E-state index is 12.4. The van der Waals surface area contributed by atoms with Crippen LogP contribution in [-0.4, -0.2) is 5.78 Å². The Morgan fingerprint density at radius 3 is 2.59 bits per heavy atom. The van der Waals surface area contributed by atoms with Crippen molar-refractivity contribution in [2.45, 2.75) is 38.5 Å². The largest absolute Gasteiger partial charge is 0.294 e. The van der Waals surface area contributed by atoms with Crippen LogP contribution in [0.2, 0.25) is 0 Å². The molecule has 0 heterocycles. The summed E-state index contributed by atoms with van der Waals surface area (Å²) in [6.45, 7) is 0. The molecule has 88 valence electrons. The zero-order chi connectivity index (χ0) is 11.4. The van der Waals surface area contributed by atoms with Crippen LogP contribution >= 0.6 is 0 Å². The van der Waals surface area contributed by atoms with Gasteiger partial charge in [0.1, 0.15) is 0 Å².